The Morgan fingerprint density at radius 2 is 2.32 bits per heavy atom. The molecule has 1 amide bonds. The van der Waals surface area contributed by atoms with Crippen LogP contribution in [-0.4, -0.2) is 19.0 Å². The van der Waals surface area contributed by atoms with Crippen LogP contribution >= 0.6 is 0 Å². The van der Waals surface area contributed by atoms with Gasteiger partial charge in [0, 0.05) is 6.54 Å². The lowest BCUT2D eigenvalue weighted by Crippen LogP contribution is -2.47. The van der Waals surface area contributed by atoms with E-state index in [2.05, 4.69) is 10.6 Å². The summed E-state index contributed by atoms with van der Waals surface area (Å²) in [7, 11) is 0. The summed E-state index contributed by atoms with van der Waals surface area (Å²) in [6.07, 6.45) is 2.60. The Bertz CT molecular complexity index is 447. The van der Waals surface area contributed by atoms with Gasteiger partial charge in [-0.05, 0) is 44.4 Å². The summed E-state index contributed by atoms with van der Waals surface area (Å²) in [5, 5.41) is 6.05. The molecule has 0 bridgehead atoms. The van der Waals surface area contributed by atoms with Crippen molar-refractivity contribution in [3.8, 4) is 0 Å². The highest BCUT2D eigenvalue weighted by atomic mass is 19.1. The first-order valence-electron chi connectivity index (χ1n) is 6.86. The summed E-state index contributed by atoms with van der Waals surface area (Å²) in [6.45, 7) is 5.44. The number of piperidine rings is 1. The van der Waals surface area contributed by atoms with Gasteiger partial charge in [-0.3, -0.25) is 4.79 Å². The number of amides is 1. The van der Waals surface area contributed by atoms with Crippen LogP contribution in [0.2, 0.25) is 0 Å². The molecule has 2 rings (SSSR count). The van der Waals surface area contributed by atoms with Gasteiger partial charge in [0.15, 0.2) is 0 Å². The summed E-state index contributed by atoms with van der Waals surface area (Å²) >= 11 is 0. The number of rotatable bonds is 3. The monoisotopic (exact) mass is 264 g/mol. The first-order chi connectivity index (χ1) is 9.09. The Kier molecular flexibility index (Phi) is 4.20. The highest BCUT2D eigenvalue weighted by molar-refractivity contribution is 5.96. The molecule has 1 aromatic carbocycles. The van der Waals surface area contributed by atoms with Crippen LogP contribution in [-0.2, 0) is 4.79 Å². The molecule has 0 radical (unpaired) electrons. The van der Waals surface area contributed by atoms with Gasteiger partial charge in [-0.2, -0.15) is 0 Å². The molecular formula is C15H21FN2O. The number of anilines is 1. The maximum atomic E-state index is 13.8. The van der Waals surface area contributed by atoms with E-state index < -0.39 is 5.41 Å². The smallest absolute Gasteiger partial charge is 0.231 e. The number of hydrogen-bond donors (Lipinski definition) is 2. The molecule has 0 aromatic heterocycles. The molecule has 104 valence electrons. The zero-order valence-electron chi connectivity index (χ0n) is 11.6. The predicted octanol–water partition coefficient (Wildman–Crippen LogP) is 2.85. The minimum absolute atomic E-state index is 0.0737. The van der Waals surface area contributed by atoms with Gasteiger partial charge in [0.1, 0.15) is 5.82 Å². The number of nitrogens with one attached hydrogen (secondary N) is 2. The number of carbonyl (C=O) groups is 1. The zero-order chi connectivity index (χ0) is 13.9. The lowest BCUT2D eigenvalue weighted by atomic mass is 9.77. The molecule has 1 heterocycles. The Balaban J connectivity index is 2.20. The fourth-order valence-corrected chi connectivity index (χ4v) is 2.66. The van der Waals surface area contributed by atoms with Gasteiger partial charge in [-0.1, -0.05) is 19.1 Å². The van der Waals surface area contributed by atoms with Gasteiger partial charge in [0.25, 0.3) is 0 Å². The fraction of sp³-hybridized carbons (Fsp3) is 0.533. The van der Waals surface area contributed by atoms with E-state index in [9.17, 15) is 9.18 Å². The molecule has 4 heteroatoms. The lowest BCUT2D eigenvalue weighted by molar-refractivity contribution is -0.126. The van der Waals surface area contributed by atoms with Crippen molar-refractivity contribution in [3.05, 3.63) is 29.6 Å². The van der Waals surface area contributed by atoms with Crippen LogP contribution < -0.4 is 10.6 Å². The number of benzene rings is 1. The van der Waals surface area contributed by atoms with Crippen molar-refractivity contribution < 1.29 is 9.18 Å². The Morgan fingerprint density at radius 1 is 1.53 bits per heavy atom. The van der Waals surface area contributed by atoms with Crippen LogP contribution in [0.15, 0.2) is 18.2 Å². The number of aryl methyl sites for hydroxylation is 1. The number of halogens is 1. The molecule has 0 spiro atoms. The van der Waals surface area contributed by atoms with Crippen LogP contribution in [0.4, 0.5) is 10.1 Å². The van der Waals surface area contributed by atoms with E-state index in [1.807, 2.05) is 6.92 Å². The molecule has 1 aliphatic heterocycles. The van der Waals surface area contributed by atoms with Gasteiger partial charge in [0.2, 0.25) is 5.91 Å². The first-order valence-corrected chi connectivity index (χ1v) is 6.86. The second-order valence-electron chi connectivity index (χ2n) is 5.30. The third-order valence-corrected chi connectivity index (χ3v) is 4.09. The van der Waals surface area contributed by atoms with E-state index in [4.69, 9.17) is 0 Å². The minimum atomic E-state index is -0.410. The summed E-state index contributed by atoms with van der Waals surface area (Å²) in [5.74, 6) is -0.446. The topological polar surface area (TPSA) is 41.1 Å². The first kappa shape index (κ1) is 14.0. The summed E-state index contributed by atoms with van der Waals surface area (Å²) in [4.78, 5) is 12.5. The Labute approximate surface area is 113 Å². The SMILES string of the molecule is CCC1(C(=O)Nc2c(C)cccc2F)CCCNC1. The Morgan fingerprint density at radius 3 is 2.89 bits per heavy atom. The molecule has 19 heavy (non-hydrogen) atoms. The second-order valence-corrected chi connectivity index (χ2v) is 5.30. The molecule has 0 saturated carbocycles. The Hall–Kier alpha value is -1.42. The highest BCUT2D eigenvalue weighted by Crippen LogP contribution is 2.32. The maximum Gasteiger partial charge on any atom is 0.231 e. The van der Waals surface area contributed by atoms with Gasteiger partial charge in [0.05, 0.1) is 11.1 Å². The van der Waals surface area contributed by atoms with Crippen LogP contribution in [0.1, 0.15) is 31.7 Å². The lowest BCUT2D eigenvalue weighted by Gasteiger charge is -2.35. The molecule has 1 aliphatic rings. The zero-order valence-corrected chi connectivity index (χ0v) is 11.6. The molecule has 1 unspecified atom stereocenters. The van der Waals surface area contributed by atoms with Crippen molar-refractivity contribution in [3.63, 3.8) is 0 Å². The average molecular weight is 264 g/mol. The average Bonchev–Trinajstić information content (AvgIpc) is 2.43. The van der Waals surface area contributed by atoms with Crippen LogP contribution in [0.5, 0.6) is 0 Å². The summed E-state index contributed by atoms with van der Waals surface area (Å²) in [5.41, 5.74) is 0.654. The van der Waals surface area contributed by atoms with Crippen molar-refractivity contribution in [2.24, 2.45) is 5.41 Å². The fourth-order valence-electron chi connectivity index (χ4n) is 2.66. The van der Waals surface area contributed by atoms with Crippen LogP contribution in [0.25, 0.3) is 0 Å². The van der Waals surface area contributed by atoms with Crippen molar-refractivity contribution in [1.29, 1.82) is 0 Å². The van der Waals surface area contributed by atoms with E-state index in [0.29, 0.717) is 12.2 Å². The van der Waals surface area contributed by atoms with E-state index in [0.717, 1.165) is 31.4 Å². The highest BCUT2D eigenvalue weighted by Gasteiger charge is 2.38. The van der Waals surface area contributed by atoms with Crippen LogP contribution in [0.3, 0.4) is 0 Å². The van der Waals surface area contributed by atoms with E-state index in [-0.39, 0.29) is 11.7 Å². The largest absolute Gasteiger partial charge is 0.323 e. The standard InChI is InChI=1S/C15H21FN2O/c1-3-15(8-5-9-17-10-15)14(19)18-13-11(2)6-4-7-12(13)16/h4,6-7,17H,3,5,8-10H2,1-2H3,(H,18,19). The van der Waals surface area contributed by atoms with Gasteiger partial charge >= 0.3 is 0 Å². The molecule has 3 nitrogen and oxygen atoms in total. The molecule has 1 fully saturated rings. The number of para-hydroxylation sites is 1. The number of hydrogen-bond acceptors (Lipinski definition) is 2. The minimum Gasteiger partial charge on any atom is -0.323 e. The van der Waals surface area contributed by atoms with Gasteiger partial charge < -0.3 is 10.6 Å². The molecular weight excluding hydrogens is 243 g/mol. The third-order valence-electron chi connectivity index (χ3n) is 4.09. The molecule has 0 aliphatic carbocycles. The van der Waals surface area contributed by atoms with Gasteiger partial charge in [-0.15, -0.1) is 0 Å². The van der Waals surface area contributed by atoms with Gasteiger partial charge in [-0.25, -0.2) is 4.39 Å². The molecule has 1 aromatic rings. The normalized spacial score (nSPS) is 23.1. The quantitative estimate of drug-likeness (QED) is 0.881. The molecule has 1 atom stereocenters. The van der Waals surface area contributed by atoms with E-state index in [1.165, 1.54) is 6.07 Å². The summed E-state index contributed by atoms with van der Waals surface area (Å²) in [6, 6.07) is 4.83. The van der Waals surface area contributed by atoms with Crippen molar-refractivity contribution >= 4 is 11.6 Å². The number of carbonyl (C=O) groups excluding carboxylic acids is 1. The van der Waals surface area contributed by atoms with Crippen LogP contribution in [0, 0.1) is 18.2 Å². The molecule has 2 N–H and O–H groups in total. The van der Waals surface area contributed by atoms with E-state index >= 15 is 0 Å². The second kappa shape index (κ2) is 5.70. The molecule has 1 saturated heterocycles. The third kappa shape index (κ3) is 2.78. The van der Waals surface area contributed by atoms with E-state index in [1.54, 1.807) is 19.1 Å². The predicted molar refractivity (Wildman–Crippen MR) is 74.6 cm³/mol. The maximum absolute atomic E-state index is 13.8. The summed E-state index contributed by atoms with van der Waals surface area (Å²) < 4.78 is 13.8. The van der Waals surface area contributed by atoms with Crippen molar-refractivity contribution in [1.82, 2.24) is 5.32 Å². The van der Waals surface area contributed by atoms with Crippen molar-refractivity contribution in [2.75, 3.05) is 18.4 Å². The van der Waals surface area contributed by atoms with Crippen molar-refractivity contribution in [2.45, 2.75) is 33.1 Å².